The molecule has 1 atom stereocenters. The molecule has 0 aliphatic rings. The van der Waals surface area contributed by atoms with E-state index in [1.807, 2.05) is 0 Å². The maximum absolute atomic E-state index is 11.8. The Morgan fingerprint density at radius 1 is 1.65 bits per heavy atom. The molecule has 0 aromatic carbocycles. The molecule has 6 nitrogen and oxygen atoms in total. The minimum Gasteiger partial charge on any atom is -0.397 e. The summed E-state index contributed by atoms with van der Waals surface area (Å²) in [5.74, 6) is -0.305. The molecule has 1 aromatic rings. The molecule has 1 unspecified atom stereocenters. The zero-order valence-electron chi connectivity index (χ0n) is 9.72. The quantitative estimate of drug-likeness (QED) is 0.638. The Kier molecular flexibility index (Phi) is 5.38. The highest BCUT2D eigenvalue weighted by Gasteiger charge is 2.13. The highest BCUT2D eigenvalue weighted by Crippen LogP contribution is 2.02. The number of hydrogen-bond acceptors (Lipinski definition) is 5. The van der Waals surface area contributed by atoms with Crippen molar-refractivity contribution in [1.29, 1.82) is 0 Å². The molecule has 0 bridgehead atoms. The minimum absolute atomic E-state index is 0.0104. The molecule has 1 aromatic heterocycles. The van der Waals surface area contributed by atoms with Crippen LogP contribution in [0.5, 0.6) is 0 Å². The van der Waals surface area contributed by atoms with Crippen LogP contribution >= 0.6 is 0 Å². The van der Waals surface area contributed by atoms with Gasteiger partial charge in [-0.1, -0.05) is 0 Å². The zero-order valence-corrected chi connectivity index (χ0v) is 9.72. The number of nitrogens with one attached hydrogen (secondary N) is 1. The summed E-state index contributed by atoms with van der Waals surface area (Å²) in [7, 11) is 1.54. The molecular formula is C11H17N3O3. The second-order valence-electron chi connectivity index (χ2n) is 3.61. The summed E-state index contributed by atoms with van der Waals surface area (Å²) in [4.78, 5) is 15.7. The first kappa shape index (κ1) is 13.4. The van der Waals surface area contributed by atoms with Crippen LogP contribution in [0.3, 0.4) is 0 Å². The number of carbonyl (C=O) groups is 1. The van der Waals surface area contributed by atoms with Crippen molar-refractivity contribution in [2.45, 2.75) is 12.5 Å². The lowest BCUT2D eigenvalue weighted by atomic mass is 10.2. The lowest BCUT2D eigenvalue weighted by molar-refractivity contribution is 0.0874. The number of nitrogens with two attached hydrogens (primary N) is 1. The molecule has 0 spiro atoms. The molecule has 0 fully saturated rings. The molecule has 0 saturated heterocycles. The summed E-state index contributed by atoms with van der Waals surface area (Å²) in [6.45, 7) is 0.338. The molecule has 0 radical (unpaired) electrons. The van der Waals surface area contributed by atoms with Gasteiger partial charge in [0.15, 0.2) is 0 Å². The lowest BCUT2D eigenvalue weighted by Gasteiger charge is -2.16. The second-order valence-corrected chi connectivity index (χ2v) is 3.61. The fourth-order valence-corrected chi connectivity index (χ4v) is 1.35. The molecule has 1 heterocycles. The summed E-state index contributed by atoms with van der Waals surface area (Å²) in [5.41, 5.74) is 6.27. The SMILES string of the molecule is COCC(CCO)NC(=O)c1ccc(N)cn1. The van der Waals surface area contributed by atoms with Crippen LogP contribution in [-0.4, -0.2) is 42.4 Å². The molecular weight excluding hydrogens is 222 g/mol. The Labute approximate surface area is 99.8 Å². The normalized spacial score (nSPS) is 12.1. The van der Waals surface area contributed by atoms with Crippen LogP contribution in [0.2, 0.25) is 0 Å². The molecule has 17 heavy (non-hydrogen) atoms. The minimum atomic E-state index is -0.305. The predicted molar refractivity (Wildman–Crippen MR) is 63.5 cm³/mol. The zero-order chi connectivity index (χ0) is 12.7. The van der Waals surface area contributed by atoms with Gasteiger partial charge in [-0.15, -0.1) is 0 Å². The van der Waals surface area contributed by atoms with E-state index in [-0.39, 0.29) is 18.6 Å². The molecule has 1 rings (SSSR count). The number of amides is 1. The van der Waals surface area contributed by atoms with Crippen molar-refractivity contribution in [3.05, 3.63) is 24.0 Å². The number of nitrogens with zero attached hydrogens (tertiary/aromatic N) is 1. The van der Waals surface area contributed by atoms with Gasteiger partial charge in [-0.05, 0) is 18.6 Å². The lowest BCUT2D eigenvalue weighted by Crippen LogP contribution is -2.39. The van der Waals surface area contributed by atoms with Gasteiger partial charge in [0, 0.05) is 13.7 Å². The molecule has 1 amide bonds. The van der Waals surface area contributed by atoms with Crippen molar-refractivity contribution in [1.82, 2.24) is 10.3 Å². The maximum Gasteiger partial charge on any atom is 0.270 e. The van der Waals surface area contributed by atoms with Crippen molar-refractivity contribution in [2.75, 3.05) is 26.1 Å². The number of aliphatic hydroxyl groups excluding tert-OH is 1. The smallest absolute Gasteiger partial charge is 0.270 e. The van der Waals surface area contributed by atoms with Gasteiger partial charge in [-0.2, -0.15) is 0 Å². The van der Waals surface area contributed by atoms with Gasteiger partial charge in [-0.25, -0.2) is 4.98 Å². The van der Waals surface area contributed by atoms with E-state index in [2.05, 4.69) is 10.3 Å². The summed E-state index contributed by atoms with van der Waals surface area (Å²) < 4.78 is 4.95. The average Bonchev–Trinajstić information content (AvgIpc) is 2.30. The third kappa shape index (κ3) is 4.38. The number of aliphatic hydroxyl groups is 1. The second kappa shape index (κ2) is 6.82. The Bertz CT molecular complexity index is 347. The van der Waals surface area contributed by atoms with Crippen LogP contribution in [0.15, 0.2) is 18.3 Å². The van der Waals surface area contributed by atoms with Crippen molar-refractivity contribution >= 4 is 11.6 Å². The number of pyridine rings is 1. The summed E-state index contributed by atoms with van der Waals surface area (Å²) in [5, 5.41) is 11.6. The fourth-order valence-electron chi connectivity index (χ4n) is 1.35. The highest BCUT2D eigenvalue weighted by atomic mass is 16.5. The number of ether oxygens (including phenoxy) is 1. The molecule has 4 N–H and O–H groups in total. The monoisotopic (exact) mass is 239 g/mol. The number of nitrogen functional groups attached to an aromatic ring is 1. The number of methoxy groups -OCH3 is 1. The highest BCUT2D eigenvalue weighted by molar-refractivity contribution is 5.92. The summed E-state index contributed by atoms with van der Waals surface area (Å²) in [6, 6.07) is 2.93. The van der Waals surface area contributed by atoms with E-state index < -0.39 is 0 Å². The van der Waals surface area contributed by atoms with Crippen molar-refractivity contribution in [3.63, 3.8) is 0 Å². The van der Waals surface area contributed by atoms with Crippen molar-refractivity contribution in [2.24, 2.45) is 0 Å². The van der Waals surface area contributed by atoms with Gasteiger partial charge < -0.3 is 20.9 Å². The fraction of sp³-hybridized carbons (Fsp3) is 0.455. The number of aromatic nitrogens is 1. The van der Waals surface area contributed by atoms with Crippen LogP contribution in [0.4, 0.5) is 5.69 Å². The maximum atomic E-state index is 11.8. The van der Waals surface area contributed by atoms with Crippen LogP contribution in [0.1, 0.15) is 16.9 Å². The van der Waals surface area contributed by atoms with E-state index in [1.54, 1.807) is 12.1 Å². The van der Waals surface area contributed by atoms with Gasteiger partial charge in [0.25, 0.3) is 5.91 Å². The van der Waals surface area contributed by atoms with E-state index in [0.717, 1.165) is 0 Å². The number of carbonyl (C=O) groups excluding carboxylic acids is 1. The largest absolute Gasteiger partial charge is 0.397 e. The summed E-state index contributed by atoms with van der Waals surface area (Å²) in [6.07, 6.45) is 1.86. The third-order valence-corrected chi connectivity index (χ3v) is 2.20. The van der Waals surface area contributed by atoms with E-state index in [9.17, 15) is 4.79 Å². The molecule has 6 heteroatoms. The van der Waals surface area contributed by atoms with E-state index >= 15 is 0 Å². The Morgan fingerprint density at radius 2 is 2.41 bits per heavy atom. The van der Waals surface area contributed by atoms with Gasteiger partial charge >= 0.3 is 0 Å². The Balaban J connectivity index is 2.60. The van der Waals surface area contributed by atoms with E-state index in [4.69, 9.17) is 15.6 Å². The van der Waals surface area contributed by atoms with Crippen LogP contribution in [0, 0.1) is 0 Å². The van der Waals surface area contributed by atoms with Crippen LogP contribution < -0.4 is 11.1 Å². The first-order valence-corrected chi connectivity index (χ1v) is 5.29. The predicted octanol–water partition coefficient (Wildman–Crippen LogP) is -0.209. The first-order chi connectivity index (χ1) is 8.17. The van der Waals surface area contributed by atoms with Crippen molar-refractivity contribution in [3.8, 4) is 0 Å². The third-order valence-electron chi connectivity index (χ3n) is 2.20. The van der Waals surface area contributed by atoms with Gasteiger partial charge in [-0.3, -0.25) is 4.79 Å². The van der Waals surface area contributed by atoms with E-state index in [1.165, 1.54) is 13.3 Å². The summed E-state index contributed by atoms with van der Waals surface area (Å²) >= 11 is 0. The van der Waals surface area contributed by atoms with Crippen LogP contribution in [-0.2, 0) is 4.74 Å². The number of rotatable bonds is 6. The first-order valence-electron chi connectivity index (χ1n) is 5.29. The average molecular weight is 239 g/mol. The number of anilines is 1. The topological polar surface area (TPSA) is 97.5 Å². The van der Waals surface area contributed by atoms with Gasteiger partial charge in [0.1, 0.15) is 5.69 Å². The molecule has 0 aliphatic heterocycles. The Hall–Kier alpha value is -1.66. The molecule has 0 aliphatic carbocycles. The van der Waals surface area contributed by atoms with Crippen molar-refractivity contribution < 1.29 is 14.6 Å². The van der Waals surface area contributed by atoms with Crippen LogP contribution in [0.25, 0.3) is 0 Å². The molecule has 94 valence electrons. The standard InChI is InChI=1S/C11H17N3O3/c1-17-7-9(4-5-15)14-11(16)10-3-2-8(12)6-13-10/h2-3,6,9,15H,4-5,7,12H2,1H3,(H,14,16). The van der Waals surface area contributed by atoms with Gasteiger partial charge in [0.2, 0.25) is 0 Å². The van der Waals surface area contributed by atoms with E-state index in [0.29, 0.717) is 24.4 Å². The molecule has 0 saturated carbocycles. The van der Waals surface area contributed by atoms with Gasteiger partial charge in [0.05, 0.1) is 24.5 Å². The number of hydrogen-bond donors (Lipinski definition) is 3. The Morgan fingerprint density at radius 3 is 2.94 bits per heavy atom.